The lowest BCUT2D eigenvalue weighted by molar-refractivity contribution is -0.450. The Labute approximate surface area is 245 Å². The molecule has 0 N–H and O–H groups in total. The maximum Gasteiger partial charge on any atom is 0.338 e. The Hall–Kier alpha value is -0.880. The molecule has 24 heteroatoms. The second kappa shape index (κ2) is 17.0. The third kappa shape index (κ3) is 10.3. The molecule has 2 aliphatic heterocycles. The van der Waals surface area contributed by atoms with Gasteiger partial charge in [-0.1, -0.05) is 5.04 Å². The first kappa shape index (κ1) is 37.3. The number of carbonyl (C=O) groups excluding carboxylic acids is 1. The minimum atomic E-state index is -5.52. The second-order valence-corrected chi connectivity index (χ2v) is 10.5. The van der Waals surface area contributed by atoms with E-state index in [4.69, 9.17) is 42.1 Å². The molecule has 2 aliphatic rings. The van der Waals surface area contributed by atoms with Crippen molar-refractivity contribution in [3.05, 3.63) is 0 Å². The van der Waals surface area contributed by atoms with Gasteiger partial charge in [-0.25, -0.2) is 26.5 Å². The maximum atomic E-state index is 12.7. The van der Waals surface area contributed by atoms with Crippen molar-refractivity contribution in [1.82, 2.24) is 0 Å². The molecule has 0 radical (unpaired) electrons. The van der Waals surface area contributed by atoms with Crippen molar-refractivity contribution >= 4 is 39.1 Å². The van der Waals surface area contributed by atoms with Gasteiger partial charge >= 0.3 is 5.97 Å². The number of methoxy groups -OCH3 is 5. The van der Waals surface area contributed by atoms with Crippen LogP contribution in [0.15, 0.2) is 0 Å². The summed E-state index contributed by atoms with van der Waals surface area (Å²) >= 11 is 0.0989. The van der Waals surface area contributed by atoms with Gasteiger partial charge in [-0.2, -0.15) is 0 Å². The van der Waals surface area contributed by atoms with E-state index in [1.165, 1.54) is 7.11 Å². The zero-order chi connectivity index (χ0) is 31.7. The van der Waals surface area contributed by atoms with Gasteiger partial charge in [0.15, 0.2) is 43.2 Å². The van der Waals surface area contributed by atoms with Gasteiger partial charge in [-0.15, -0.1) is 4.33 Å². The Kier molecular flexibility index (Phi) is 15.1. The number of hydrogen-bond donors (Lipinski definition) is 0. The summed E-state index contributed by atoms with van der Waals surface area (Å²) in [7, 11) is -4.29. The molecule has 10 atom stereocenters. The molecule has 2 fully saturated rings. The van der Waals surface area contributed by atoms with Gasteiger partial charge in [0.1, 0.15) is 30.5 Å². The lowest BCUT2D eigenvalue weighted by Gasteiger charge is -2.48. The number of rotatable bonds is 17. The van der Waals surface area contributed by atoms with Crippen molar-refractivity contribution in [3.63, 3.8) is 0 Å². The molecule has 0 bridgehead atoms. The van der Waals surface area contributed by atoms with E-state index in [1.807, 2.05) is 0 Å². The molecule has 42 heavy (non-hydrogen) atoms. The van der Waals surface area contributed by atoms with E-state index >= 15 is 0 Å². The Bertz CT molecular complexity index is 1040. The average molecular weight is 679 g/mol. The molecule has 0 aromatic carbocycles. The first-order chi connectivity index (χ1) is 19.7. The predicted octanol–water partition coefficient (Wildman–Crippen LogP) is -2.53. The number of hydrogen-bond acceptors (Lipinski definition) is 22. The van der Waals surface area contributed by atoms with Gasteiger partial charge in [0.2, 0.25) is 20.8 Å². The van der Waals surface area contributed by atoms with Crippen LogP contribution in [0.3, 0.4) is 0 Å². The van der Waals surface area contributed by atoms with E-state index in [1.54, 1.807) is 0 Å². The van der Waals surface area contributed by atoms with E-state index in [0.29, 0.717) is 0 Å². The summed E-state index contributed by atoms with van der Waals surface area (Å²) in [5.41, 5.74) is 0. The van der Waals surface area contributed by atoms with Gasteiger partial charge in [-0.05, 0) is 0 Å². The van der Waals surface area contributed by atoms with E-state index < -0.39 is 88.2 Å². The lowest BCUT2D eigenvalue weighted by atomic mass is 9.96. The fourth-order valence-electron chi connectivity index (χ4n) is 4.13. The topological polar surface area (TPSA) is 261 Å². The SMILES string of the molecule is COCC1O[C@H](OC)C(OS(=O)(=O)[O-])C(OC)[C@@H]1O[C@@H]1OC(C(=O)OC)[C@H](OSOOOC)C(OC)[C@@H]1OS(=O)(=O)[O-]. The third-order valence-corrected chi connectivity index (χ3v) is 6.98. The first-order valence-corrected chi connectivity index (χ1v) is 14.7. The fraction of sp³-hybridized carbons (Fsp3) is 0.944. The van der Waals surface area contributed by atoms with E-state index in [2.05, 4.69) is 22.6 Å². The summed E-state index contributed by atoms with van der Waals surface area (Å²) in [6.45, 7) is -0.285. The van der Waals surface area contributed by atoms with Gasteiger partial charge in [0, 0.05) is 28.4 Å². The molecule has 0 amide bonds. The minimum Gasteiger partial charge on any atom is -0.726 e. The van der Waals surface area contributed by atoms with E-state index in [9.17, 15) is 30.7 Å². The summed E-state index contributed by atoms with van der Waals surface area (Å²) < 4.78 is 131. The quantitative estimate of drug-likeness (QED) is 0.0292. The average Bonchev–Trinajstić information content (AvgIpc) is 2.91. The van der Waals surface area contributed by atoms with Crippen LogP contribution in [0.4, 0.5) is 0 Å². The summed E-state index contributed by atoms with van der Waals surface area (Å²) in [4.78, 5) is 16.9. The van der Waals surface area contributed by atoms with Crippen LogP contribution in [-0.2, 0) is 90.3 Å². The molecule has 0 saturated carbocycles. The molecule has 2 heterocycles. The van der Waals surface area contributed by atoms with Crippen LogP contribution in [0.2, 0.25) is 0 Å². The molecular formula is C18H30O21S3-2. The first-order valence-electron chi connectivity index (χ1n) is 11.3. The van der Waals surface area contributed by atoms with Crippen LogP contribution < -0.4 is 0 Å². The molecule has 0 aromatic heterocycles. The molecule has 0 spiro atoms. The Morgan fingerprint density at radius 2 is 1.33 bits per heavy atom. The van der Waals surface area contributed by atoms with E-state index in [-0.39, 0.29) is 18.9 Å². The molecule has 0 aromatic rings. The normalized spacial score (nSPS) is 34.3. The lowest BCUT2D eigenvalue weighted by Crippen LogP contribution is -2.66. The van der Waals surface area contributed by atoms with E-state index in [0.717, 1.165) is 35.5 Å². The number of ether oxygens (including phenoxy) is 8. The molecule has 21 nitrogen and oxygen atoms in total. The smallest absolute Gasteiger partial charge is 0.338 e. The standard InChI is InChI=1S/C18H32O21S3/c1-26-7-8-9(10(27-2)14(17(30-5)32-8)36-41(20,21)22)33-18-15(37-42(23,24)25)11(28-3)12(35-40-39-38-31-6)13(34-18)16(19)29-4/h8-15,17-18H,7H2,1-6H3,(H,20,21,22)(H,23,24,25)/p-2/t8?,9-,10?,11?,12-,13?,14?,15+,17+,18-/m1/s1. The largest absolute Gasteiger partial charge is 0.726 e. The van der Waals surface area contributed by atoms with Crippen molar-refractivity contribution in [2.45, 2.75) is 61.4 Å². The Morgan fingerprint density at radius 1 is 0.762 bits per heavy atom. The molecular weight excluding hydrogens is 648 g/mol. The van der Waals surface area contributed by atoms with Crippen LogP contribution in [0.25, 0.3) is 0 Å². The fourth-order valence-corrected chi connectivity index (χ4v) is 5.49. The molecule has 5 unspecified atom stereocenters. The molecule has 2 saturated heterocycles. The highest BCUT2D eigenvalue weighted by Gasteiger charge is 2.56. The predicted molar refractivity (Wildman–Crippen MR) is 125 cm³/mol. The summed E-state index contributed by atoms with van der Waals surface area (Å²) in [5, 5.41) is 4.18. The monoisotopic (exact) mass is 678 g/mol. The van der Waals surface area contributed by atoms with Crippen LogP contribution >= 0.6 is 12.3 Å². The van der Waals surface area contributed by atoms with Crippen molar-refractivity contribution in [2.75, 3.05) is 49.3 Å². The Balaban J connectivity index is 2.56. The van der Waals surface area contributed by atoms with Gasteiger partial charge < -0.3 is 47.0 Å². The highest BCUT2D eigenvalue weighted by atomic mass is 32.3. The summed E-state index contributed by atoms with van der Waals surface area (Å²) in [6.07, 6.45) is -16.7. The van der Waals surface area contributed by atoms with Crippen LogP contribution in [0.5, 0.6) is 0 Å². The molecule has 0 aliphatic carbocycles. The van der Waals surface area contributed by atoms with Gasteiger partial charge in [-0.3, -0.25) is 12.5 Å². The van der Waals surface area contributed by atoms with Crippen molar-refractivity contribution < 1.29 is 95.4 Å². The van der Waals surface area contributed by atoms with Crippen molar-refractivity contribution in [1.29, 1.82) is 0 Å². The number of carbonyl (C=O) groups is 1. The zero-order valence-corrected chi connectivity index (χ0v) is 25.2. The van der Waals surface area contributed by atoms with Crippen LogP contribution in [0.1, 0.15) is 0 Å². The molecule has 2 rings (SSSR count). The highest BCUT2D eigenvalue weighted by molar-refractivity contribution is 7.89. The summed E-state index contributed by atoms with van der Waals surface area (Å²) in [6, 6.07) is 0. The van der Waals surface area contributed by atoms with Gasteiger partial charge in [0.25, 0.3) is 0 Å². The maximum absolute atomic E-state index is 12.7. The van der Waals surface area contributed by atoms with Crippen LogP contribution in [0, 0.1) is 0 Å². The highest BCUT2D eigenvalue weighted by Crippen LogP contribution is 2.36. The second-order valence-electron chi connectivity index (χ2n) is 8.05. The number of esters is 1. The molecule has 248 valence electrons. The van der Waals surface area contributed by atoms with Crippen molar-refractivity contribution in [2.24, 2.45) is 0 Å². The zero-order valence-electron chi connectivity index (χ0n) is 22.8. The minimum absolute atomic E-state index is 0.0989. The summed E-state index contributed by atoms with van der Waals surface area (Å²) in [5.74, 6) is -1.10. The van der Waals surface area contributed by atoms with Crippen molar-refractivity contribution in [3.8, 4) is 0 Å². The third-order valence-electron chi connectivity index (χ3n) is 5.65. The Morgan fingerprint density at radius 3 is 1.81 bits per heavy atom. The van der Waals surface area contributed by atoms with Gasteiger partial charge in [0.05, 0.1) is 20.8 Å². The van der Waals surface area contributed by atoms with Crippen LogP contribution in [-0.4, -0.2) is 143 Å².